The summed E-state index contributed by atoms with van der Waals surface area (Å²) in [5, 5.41) is 5.16. The molecule has 3 aromatic rings. The van der Waals surface area contributed by atoms with Crippen LogP contribution in [0.25, 0.3) is 0 Å². The average molecular weight is 629 g/mol. The Morgan fingerprint density at radius 3 is 2.61 bits per heavy atom. The van der Waals surface area contributed by atoms with Crippen LogP contribution in [0.5, 0.6) is 0 Å². The number of carbonyl (C=O) groups is 5. The Bertz CT molecular complexity index is 1720. The molecule has 6 rings (SSSR count). The summed E-state index contributed by atoms with van der Waals surface area (Å²) >= 11 is 0. The number of nitrogens with one attached hydrogen (secondary N) is 2. The van der Waals surface area contributed by atoms with Crippen LogP contribution in [0.2, 0.25) is 0 Å². The van der Waals surface area contributed by atoms with E-state index in [0.717, 1.165) is 5.56 Å². The zero-order chi connectivity index (χ0) is 32.7. The molecule has 240 valence electrons. The maximum absolute atomic E-state index is 14.4. The van der Waals surface area contributed by atoms with Crippen molar-refractivity contribution >= 4 is 29.5 Å². The van der Waals surface area contributed by atoms with E-state index < -0.39 is 29.8 Å². The first-order chi connectivity index (χ1) is 22.0. The number of piperidine rings is 1. The summed E-state index contributed by atoms with van der Waals surface area (Å²) in [4.78, 5) is 77.9. The largest absolute Gasteiger partial charge is 0.466 e. The van der Waals surface area contributed by atoms with E-state index in [0.29, 0.717) is 40.4 Å². The normalized spacial score (nSPS) is 18.2. The fourth-order valence-electron chi connectivity index (χ4n) is 6.07. The predicted octanol–water partition coefficient (Wildman–Crippen LogP) is 2.68. The van der Waals surface area contributed by atoms with E-state index >= 15 is 0 Å². The third kappa shape index (κ3) is 5.78. The van der Waals surface area contributed by atoms with Gasteiger partial charge in [-0.1, -0.05) is 32.9 Å². The highest BCUT2D eigenvalue weighted by molar-refractivity contribution is 6.05. The minimum Gasteiger partial charge on any atom is -0.466 e. The smallest absolute Gasteiger partial charge is 0.258 e. The number of hydrogen-bond donors (Lipinski definition) is 2. The number of ether oxygens (including phenoxy) is 1. The molecule has 2 aromatic heterocycles. The Morgan fingerprint density at radius 2 is 1.91 bits per heavy atom. The molecule has 5 heterocycles. The fourth-order valence-corrected chi connectivity index (χ4v) is 6.07. The van der Waals surface area contributed by atoms with Crippen LogP contribution < -0.4 is 10.6 Å². The van der Waals surface area contributed by atoms with E-state index in [-0.39, 0.29) is 61.9 Å². The highest BCUT2D eigenvalue weighted by Gasteiger charge is 2.40. The molecule has 3 aliphatic heterocycles. The third-order valence-electron chi connectivity index (χ3n) is 8.47. The van der Waals surface area contributed by atoms with Gasteiger partial charge in [0.15, 0.2) is 0 Å². The average Bonchev–Trinajstić information content (AvgIpc) is 3.72. The number of furan rings is 1. The minimum atomic E-state index is -1.11. The maximum Gasteiger partial charge on any atom is 0.258 e. The molecule has 46 heavy (non-hydrogen) atoms. The van der Waals surface area contributed by atoms with Gasteiger partial charge >= 0.3 is 0 Å². The fraction of sp³-hybridized carbons (Fsp3) is 0.424. The van der Waals surface area contributed by atoms with E-state index in [1.54, 1.807) is 37.5 Å². The van der Waals surface area contributed by atoms with Gasteiger partial charge in [0.05, 0.1) is 12.2 Å². The summed E-state index contributed by atoms with van der Waals surface area (Å²) in [6, 6.07) is 3.43. The highest BCUT2D eigenvalue weighted by atomic mass is 16.5. The van der Waals surface area contributed by atoms with Gasteiger partial charge in [-0.2, -0.15) is 0 Å². The molecule has 5 amide bonds. The first-order valence-corrected chi connectivity index (χ1v) is 15.3. The highest BCUT2D eigenvalue weighted by Crippen LogP contribution is 2.33. The quantitative estimate of drug-likeness (QED) is 0.357. The van der Waals surface area contributed by atoms with Crippen molar-refractivity contribution in [3.63, 3.8) is 0 Å². The second-order valence-electron chi connectivity index (χ2n) is 12.8. The molecule has 0 spiro atoms. The van der Waals surface area contributed by atoms with Crippen molar-refractivity contribution in [1.29, 1.82) is 0 Å². The first kappa shape index (κ1) is 31.1. The zero-order valence-electron chi connectivity index (χ0n) is 26.2. The lowest BCUT2D eigenvalue weighted by atomic mass is 9.95. The first-order valence-electron chi connectivity index (χ1n) is 15.3. The van der Waals surface area contributed by atoms with Crippen molar-refractivity contribution in [2.45, 2.75) is 84.3 Å². The molecule has 1 aromatic carbocycles. The number of imide groups is 1. The Labute approximate surface area is 265 Å². The third-order valence-corrected chi connectivity index (χ3v) is 8.47. The number of benzene rings is 1. The van der Waals surface area contributed by atoms with Crippen LogP contribution in [-0.2, 0) is 50.8 Å². The molecule has 13 nitrogen and oxygen atoms in total. The van der Waals surface area contributed by atoms with Gasteiger partial charge in [0, 0.05) is 60.6 Å². The molecule has 2 atom stereocenters. The van der Waals surface area contributed by atoms with Gasteiger partial charge in [-0.25, -0.2) is 9.97 Å². The molecule has 1 fully saturated rings. The van der Waals surface area contributed by atoms with Crippen LogP contribution in [0.15, 0.2) is 41.3 Å². The van der Waals surface area contributed by atoms with Gasteiger partial charge in [-0.05, 0) is 30.5 Å². The summed E-state index contributed by atoms with van der Waals surface area (Å²) in [5.41, 5.74) is 2.74. The molecule has 0 bridgehead atoms. The Kier molecular flexibility index (Phi) is 8.19. The molecule has 2 unspecified atom stereocenters. The van der Waals surface area contributed by atoms with Crippen LogP contribution >= 0.6 is 0 Å². The van der Waals surface area contributed by atoms with E-state index in [1.807, 2.05) is 20.8 Å². The van der Waals surface area contributed by atoms with Crippen LogP contribution in [0.4, 0.5) is 0 Å². The second kappa shape index (κ2) is 12.1. The van der Waals surface area contributed by atoms with Crippen molar-refractivity contribution in [2.24, 2.45) is 0 Å². The number of aromatic nitrogens is 2. The Morgan fingerprint density at radius 1 is 1.15 bits per heavy atom. The van der Waals surface area contributed by atoms with Crippen LogP contribution in [-0.4, -0.2) is 61.9 Å². The topological polar surface area (TPSA) is 164 Å². The summed E-state index contributed by atoms with van der Waals surface area (Å²) in [6.07, 6.45) is 4.94. The summed E-state index contributed by atoms with van der Waals surface area (Å²) in [7, 11) is 0. The molecular formula is C33H36N6O7. The molecule has 1 saturated heterocycles. The lowest BCUT2D eigenvalue weighted by molar-refractivity contribution is -0.137. The Hall–Kier alpha value is -4.91. The van der Waals surface area contributed by atoms with Gasteiger partial charge in [-0.15, -0.1) is 0 Å². The molecule has 0 radical (unpaired) electrons. The van der Waals surface area contributed by atoms with Crippen molar-refractivity contribution in [3.05, 3.63) is 81.8 Å². The van der Waals surface area contributed by atoms with Crippen LogP contribution in [0, 0.1) is 0 Å². The van der Waals surface area contributed by atoms with Gasteiger partial charge < -0.3 is 24.3 Å². The predicted molar refractivity (Wildman–Crippen MR) is 162 cm³/mol. The lowest BCUT2D eigenvalue weighted by Crippen LogP contribution is -2.52. The van der Waals surface area contributed by atoms with E-state index in [4.69, 9.17) is 9.15 Å². The van der Waals surface area contributed by atoms with Gasteiger partial charge in [-0.3, -0.25) is 29.3 Å². The number of carbonyl (C=O) groups excluding carboxylic acids is 5. The number of nitrogens with zero attached hydrogens (tertiary/aromatic N) is 4. The van der Waals surface area contributed by atoms with Crippen molar-refractivity contribution in [1.82, 2.24) is 30.4 Å². The lowest BCUT2D eigenvalue weighted by Gasteiger charge is -2.31. The number of rotatable bonds is 8. The number of fused-ring (bicyclic) bond motifs is 2. The number of likely N-dealkylation sites (N-methyl/N-ethyl adjacent to an activating group) is 1. The van der Waals surface area contributed by atoms with Crippen molar-refractivity contribution in [2.75, 3.05) is 6.54 Å². The SMILES string of the molecule is CCNC(=O)C(c1cnc(C(C)(C)C)nc1)N(Cc1ccc2c(c1)C(=O)N(C1CCC(=O)NC1=O)C2)C(=O)c1coc2c1COC2. The van der Waals surface area contributed by atoms with Crippen LogP contribution in [0.1, 0.15) is 101 Å². The number of hydrogen-bond acceptors (Lipinski definition) is 9. The molecule has 2 N–H and O–H groups in total. The van der Waals surface area contributed by atoms with Gasteiger partial charge in [0.2, 0.25) is 17.7 Å². The van der Waals surface area contributed by atoms with Gasteiger partial charge in [0.1, 0.15) is 36.5 Å². The number of amides is 5. The molecule has 0 aliphatic carbocycles. The van der Waals surface area contributed by atoms with Crippen LogP contribution in [0.3, 0.4) is 0 Å². The minimum absolute atomic E-state index is 0.0402. The van der Waals surface area contributed by atoms with E-state index in [1.165, 1.54) is 16.1 Å². The summed E-state index contributed by atoms with van der Waals surface area (Å²) < 4.78 is 11.1. The second-order valence-corrected chi connectivity index (χ2v) is 12.8. The summed E-state index contributed by atoms with van der Waals surface area (Å²) in [6.45, 7) is 8.72. The maximum atomic E-state index is 14.4. The molecule has 13 heteroatoms. The monoisotopic (exact) mass is 628 g/mol. The standard InChI is InChI=1S/C33H36N6O7/c1-5-34-29(42)27(20-11-35-32(36-12-20)33(2,3)4)39(31(44)23-16-46-25-17-45-15-22(23)25)13-18-6-7-19-14-38(30(43)21(19)10-18)24-8-9-26(40)37-28(24)41/h6-7,10-12,16,24,27H,5,8-9,13-15,17H2,1-4H3,(H,34,42)(H,37,40,41). The van der Waals surface area contributed by atoms with Crippen molar-refractivity contribution in [3.8, 4) is 0 Å². The summed E-state index contributed by atoms with van der Waals surface area (Å²) in [5.74, 6) is -0.897. The zero-order valence-corrected chi connectivity index (χ0v) is 26.2. The Balaban J connectivity index is 1.37. The van der Waals surface area contributed by atoms with Gasteiger partial charge in [0.25, 0.3) is 11.8 Å². The van der Waals surface area contributed by atoms with E-state index in [2.05, 4.69) is 20.6 Å². The molecular weight excluding hydrogens is 592 g/mol. The van der Waals surface area contributed by atoms with E-state index in [9.17, 15) is 24.0 Å². The molecule has 3 aliphatic rings. The molecule has 0 saturated carbocycles. The van der Waals surface area contributed by atoms with Crippen molar-refractivity contribution < 1.29 is 33.1 Å².